The molecule has 0 spiro atoms. The summed E-state index contributed by atoms with van der Waals surface area (Å²) in [6.07, 6.45) is 2.79. The highest BCUT2D eigenvalue weighted by molar-refractivity contribution is 14.0. The van der Waals surface area contributed by atoms with Gasteiger partial charge in [0, 0.05) is 57.2 Å². The Kier molecular flexibility index (Phi) is 7.72. The van der Waals surface area contributed by atoms with Crippen LogP contribution in [0.2, 0.25) is 5.02 Å². The molecule has 3 rings (SSSR count). The highest BCUT2D eigenvalue weighted by atomic mass is 127. The summed E-state index contributed by atoms with van der Waals surface area (Å²) >= 11 is 6.27. The zero-order valence-electron chi connectivity index (χ0n) is 16.2. The molecular weight excluding hydrogens is 477 g/mol. The van der Waals surface area contributed by atoms with E-state index in [-0.39, 0.29) is 24.0 Å². The lowest BCUT2D eigenvalue weighted by atomic mass is 10.2. The summed E-state index contributed by atoms with van der Waals surface area (Å²) in [6, 6.07) is 4.03. The van der Waals surface area contributed by atoms with Crippen LogP contribution in [0.15, 0.2) is 23.3 Å². The minimum atomic E-state index is 0. The highest BCUT2D eigenvalue weighted by Gasteiger charge is 2.25. The number of anilines is 1. The molecule has 0 amide bonds. The number of hydrogen-bond donors (Lipinski definition) is 2. The minimum Gasteiger partial charge on any atom is -0.353 e. The van der Waals surface area contributed by atoms with E-state index in [4.69, 9.17) is 11.6 Å². The Bertz CT molecular complexity index is 805. The molecular formula is C18H27ClIN7. The number of guanidine groups is 1. The molecule has 1 unspecified atom stereocenters. The molecule has 2 aromatic rings. The molecule has 0 aliphatic carbocycles. The molecule has 2 N–H and O–H groups in total. The Morgan fingerprint density at radius 3 is 2.81 bits per heavy atom. The van der Waals surface area contributed by atoms with Crippen molar-refractivity contribution in [3.05, 3.63) is 40.3 Å². The van der Waals surface area contributed by atoms with Crippen LogP contribution in [0.1, 0.15) is 23.4 Å². The third kappa shape index (κ3) is 5.04. The van der Waals surface area contributed by atoms with Gasteiger partial charge in [0.05, 0.1) is 10.7 Å². The number of nitrogens with one attached hydrogen (secondary N) is 2. The first-order valence-electron chi connectivity index (χ1n) is 8.81. The summed E-state index contributed by atoms with van der Waals surface area (Å²) in [7, 11) is 3.76. The summed E-state index contributed by atoms with van der Waals surface area (Å²) in [5.74, 6) is 1.65. The minimum absolute atomic E-state index is 0. The number of aromatic nitrogens is 3. The smallest absolute Gasteiger partial charge is 0.191 e. The molecule has 2 aromatic heterocycles. The quantitative estimate of drug-likeness (QED) is 0.381. The van der Waals surface area contributed by atoms with Crippen molar-refractivity contribution in [3.63, 3.8) is 0 Å². The van der Waals surface area contributed by atoms with Gasteiger partial charge in [-0.3, -0.25) is 9.67 Å². The van der Waals surface area contributed by atoms with Crippen molar-refractivity contribution >= 4 is 47.4 Å². The lowest BCUT2D eigenvalue weighted by Crippen LogP contribution is -2.44. The van der Waals surface area contributed by atoms with Crippen LogP contribution in [-0.2, 0) is 13.6 Å². The van der Waals surface area contributed by atoms with E-state index in [1.807, 2.05) is 30.8 Å². The Labute approximate surface area is 182 Å². The van der Waals surface area contributed by atoms with Gasteiger partial charge in [-0.25, -0.2) is 4.98 Å². The fraction of sp³-hybridized carbons (Fsp3) is 0.500. The summed E-state index contributed by atoms with van der Waals surface area (Å²) < 4.78 is 1.91. The van der Waals surface area contributed by atoms with E-state index in [9.17, 15) is 0 Å². The van der Waals surface area contributed by atoms with Crippen LogP contribution in [-0.4, -0.2) is 46.9 Å². The predicted molar refractivity (Wildman–Crippen MR) is 121 cm³/mol. The first-order chi connectivity index (χ1) is 12.5. The maximum absolute atomic E-state index is 6.27. The second-order valence-electron chi connectivity index (χ2n) is 6.58. The van der Waals surface area contributed by atoms with Gasteiger partial charge >= 0.3 is 0 Å². The van der Waals surface area contributed by atoms with E-state index in [1.54, 1.807) is 13.2 Å². The molecule has 1 fully saturated rings. The summed E-state index contributed by atoms with van der Waals surface area (Å²) in [6.45, 7) is 6.59. The van der Waals surface area contributed by atoms with E-state index in [2.05, 4.69) is 37.5 Å². The van der Waals surface area contributed by atoms with Crippen molar-refractivity contribution in [2.24, 2.45) is 12.0 Å². The SMILES string of the molecule is CN=C(NCc1c(C)nn(C)c1C)NC1CCN(c2ncccc2Cl)C1.I. The number of hydrogen-bond acceptors (Lipinski definition) is 4. The van der Waals surface area contributed by atoms with Crippen molar-refractivity contribution in [3.8, 4) is 0 Å². The van der Waals surface area contributed by atoms with Crippen molar-refractivity contribution in [1.82, 2.24) is 25.4 Å². The van der Waals surface area contributed by atoms with Gasteiger partial charge in [0.15, 0.2) is 5.96 Å². The van der Waals surface area contributed by atoms with E-state index in [1.165, 1.54) is 11.3 Å². The molecule has 0 bridgehead atoms. The number of aliphatic imine (C=N–C) groups is 1. The Morgan fingerprint density at radius 2 is 2.19 bits per heavy atom. The van der Waals surface area contributed by atoms with Gasteiger partial charge in [0.25, 0.3) is 0 Å². The number of nitrogens with zero attached hydrogens (tertiary/aromatic N) is 5. The summed E-state index contributed by atoms with van der Waals surface area (Å²) in [5.41, 5.74) is 3.43. The highest BCUT2D eigenvalue weighted by Crippen LogP contribution is 2.25. The first kappa shape index (κ1) is 21.7. The summed E-state index contributed by atoms with van der Waals surface area (Å²) in [5, 5.41) is 12.1. The molecule has 9 heteroatoms. The van der Waals surface area contributed by atoms with E-state index in [0.717, 1.165) is 37.0 Å². The van der Waals surface area contributed by atoms with Crippen molar-refractivity contribution in [2.45, 2.75) is 32.9 Å². The Morgan fingerprint density at radius 1 is 1.41 bits per heavy atom. The molecule has 0 aromatic carbocycles. The molecule has 1 saturated heterocycles. The van der Waals surface area contributed by atoms with Crippen LogP contribution in [0.4, 0.5) is 5.82 Å². The van der Waals surface area contributed by atoms with E-state index >= 15 is 0 Å². The van der Waals surface area contributed by atoms with Crippen molar-refractivity contribution < 1.29 is 0 Å². The zero-order chi connectivity index (χ0) is 18.7. The normalized spacial score (nSPS) is 17.0. The average molecular weight is 504 g/mol. The van der Waals surface area contributed by atoms with E-state index < -0.39 is 0 Å². The van der Waals surface area contributed by atoms with Crippen molar-refractivity contribution in [2.75, 3.05) is 25.0 Å². The maximum atomic E-state index is 6.27. The van der Waals surface area contributed by atoms with Gasteiger partial charge in [-0.1, -0.05) is 11.6 Å². The molecule has 148 valence electrons. The van der Waals surface area contributed by atoms with Crippen molar-refractivity contribution in [1.29, 1.82) is 0 Å². The van der Waals surface area contributed by atoms with Gasteiger partial charge in [-0.05, 0) is 32.4 Å². The predicted octanol–water partition coefficient (Wildman–Crippen LogP) is 2.65. The van der Waals surface area contributed by atoms with Gasteiger partial charge in [-0.2, -0.15) is 5.10 Å². The van der Waals surface area contributed by atoms with Gasteiger partial charge in [0.1, 0.15) is 5.82 Å². The van der Waals surface area contributed by atoms with E-state index in [0.29, 0.717) is 17.6 Å². The van der Waals surface area contributed by atoms with Gasteiger partial charge < -0.3 is 15.5 Å². The zero-order valence-corrected chi connectivity index (χ0v) is 19.2. The third-order valence-electron chi connectivity index (χ3n) is 4.88. The molecule has 7 nitrogen and oxygen atoms in total. The summed E-state index contributed by atoms with van der Waals surface area (Å²) in [4.78, 5) is 11.0. The Balaban J connectivity index is 0.00000261. The number of halogens is 2. The average Bonchev–Trinajstić information content (AvgIpc) is 3.17. The second kappa shape index (κ2) is 9.59. The fourth-order valence-corrected chi connectivity index (χ4v) is 3.55. The molecule has 3 heterocycles. The Hall–Kier alpha value is -1.55. The van der Waals surface area contributed by atoms with Gasteiger partial charge in [-0.15, -0.1) is 24.0 Å². The maximum Gasteiger partial charge on any atom is 0.191 e. The van der Waals surface area contributed by atoms with Gasteiger partial charge in [0.2, 0.25) is 0 Å². The van der Waals surface area contributed by atoms with Crippen LogP contribution in [0.3, 0.4) is 0 Å². The van der Waals surface area contributed by atoms with Crippen LogP contribution in [0.5, 0.6) is 0 Å². The fourth-order valence-electron chi connectivity index (χ4n) is 3.31. The molecule has 1 aliphatic heterocycles. The molecule has 1 aliphatic rings. The van der Waals surface area contributed by atoms with Crippen LogP contribution >= 0.6 is 35.6 Å². The lowest BCUT2D eigenvalue weighted by molar-refractivity contribution is 0.647. The number of pyridine rings is 1. The largest absolute Gasteiger partial charge is 0.353 e. The third-order valence-corrected chi connectivity index (χ3v) is 5.18. The van der Waals surface area contributed by atoms with Crippen LogP contribution < -0.4 is 15.5 Å². The standard InChI is InChI=1S/C18H26ClN7.HI/c1-12-15(13(2)25(4)24-12)10-22-18(20-3)23-14-7-9-26(11-14)17-16(19)6-5-8-21-17;/h5-6,8,14H,7,9-11H2,1-4H3,(H2,20,22,23);1H. The molecule has 1 atom stereocenters. The number of aryl methyl sites for hydroxylation is 2. The lowest BCUT2D eigenvalue weighted by Gasteiger charge is -2.20. The monoisotopic (exact) mass is 503 g/mol. The first-order valence-corrected chi connectivity index (χ1v) is 9.19. The molecule has 0 saturated carbocycles. The molecule has 27 heavy (non-hydrogen) atoms. The number of rotatable bonds is 4. The molecule has 0 radical (unpaired) electrons. The second-order valence-corrected chi connectivity index (χ2v) is 6.99. The topological polar surface area (TPSA) is 70.4 Å². The van der Waals surface area contributed by atoms with Crippen LogP contribution in [0.25, 0.3) is 0 Å². The van der Waals surface area contributed by atoms with Crippen LogP contribution in [0, 0.1) is 13.8 Å².